The van der Waals surface area contributed by atoms with Gasteiger partial charge in [0.1, 0.15) is 0 Å². The van der Waals surface area contributed by atoms with Gasteiger partial charge in [0, 0.05) is 19.3 Å². The molecule has 0 amide bonds. The largest absolute Gasteiger partial charge is 0.304 e. The number of hydrogen-bond acceptors (Lipinski definition) is 3. The molecule has 2 aromatic heterocycles. The molecule has 0 radical (unpaired) electrons. The highest BCUT2D eigenvalue weighted by atomic mass is 15.3. The summed E-state index contributed by atoms with van der Waals surface area (Å²) in [7, 11) is 0. The van der Waals surface area contributed by atoms with Gasteiger partial charge in [0.2, 0.25) is 0 Å². The predicted octanol–water partition coefficient (Wildman–Crippen LogP) is 2.77. The van der Waals surface area contributed by atoms with Crippen molar-refractivity contribution in [1.82, 2.24) is 24.9 Å². The van der Waals surface area contributed by atoms with Gasteiger partial charge in [-0.15, -0.1) is 0 Å². The fraction of sp³-hybridized carbons (Fsp3) is 0.625. The van der Waals surface area contributed by atoms with Crippen molar-refractivity contribution in [3.8, 4) is 0 Å². The van der Waals surface area contributed by atoms with Crippen molar-refractivity contribution in [3.63, 3.8) is 0 Å². The number of nitrogens with zero attached hydrogens (tertiary/aromatic N) is 4. The lowest BCUT2D eigenvalue weighted by Gasteiger charge is -2.20. The van der Waals surface area contributed by atoms with E-state index in [0.29, 0.717) is 0 Å². The average molecular weight is 289 g/mol. The van der Waals surface area contributed by atoms with Crippen molar-refractivity contribution in [2.45, 2.75) is 59.7 Å². The molecule has 0 saturated carbocycles. The Kier molecular flexibility index (Phi) is 5.56. The topological polar surface area (TPSA) is 47.7 Å². The highest BCUT2D eigenvalue weighted by molar-refractivity contribution is 5.24. The van der Waals surface area contributed by atoms with Gasteiger partial charge in [-0.2, -0.15) is 10.2 Å². The number of aromatic nitrogens is 4. The standard InChI is InChI=1S/C16H27N5/c1-5-11-21-14(9-10-18-21)16(17-7-3)15-12-13(6-2)19-20(15)8-4/h9-10,12,16-17H,5-8,11H2,1-4H3. The normalized spacial score (nSPS) is 12.8. The fourth-order valence-corrected chi connectivity index (χ4v) is 2.70. The van der Waals surface area contributed by atoms with Crippen LogP contribution in [0, 0.1) is 0 Å². The first kappa shape index (κ1) is 15.8. The quantitative estimate of drug-likeness (QED) is 0.813. The maximum Gasteiger partial charge on any atom is 0.0918 e. The molecule has 0 aromatic carbocycles. The minimum absolute atomic E-state index is 0.150. The Morgan fingerprint density at radius 2 is 1.95 bits per heavy atom. The minimum atomic E-state index is 0.150. The molecule has 0 aliphatic carbocycles. The van der Waals surface area contributed by atoms with Crippen LogP contribution in [0.1, 0.15) is 57.2 Å². The molecule has 2 aromatic rings. The third-order valence-electron chi connectivity index (χ3n) is 3.71. The highest BCUT2D eigenvalue weighted by Crippen LogP contribution is 2.23. The van der Waals surface area contributed by atoms with Crippen LogP contribution in [-0.4, -0.2) is 26.1 Å². The number of hydrogen-bond donors (Lipinski definition) is 1. The lowest BCUT2D eigenvalue weighted by molar-refractivity contribution is 0.488. The van der Waals surface area contributed by atoms with E-state index in [2.05, 4.69) is 64.7 Å². The van der Waals surface area contributed by atoms with Gasteiger partial charge in [0.15, 0.2) is 0 Å². The van der Waals surface area contributed by atoms with Gasteiger partial charge in [-0.05, 0) is 38.4 Å². The average Bonchev–Trinajstić information content (AvgIpc) is 3.11. The molecule has 0 bridgehead atoms. The Morgan fingerprint density at radius 1 is 1.14 bits per heavy atom. The summed E-state index contributed by atoms with van der Waals surface area (Å²) in [4.78, 5) is 0. The van der Waals surface area contributed by atoms with E-state index >= 15 is 0 Å². The van der Waals surface area contributed by atoms with Crippen LogP contribution < -0.4 is 5.32 Å². The third kappa shape index (κ3) is 3.35. The lowest BCUT2D eigenvalue weighted by atomic mass is 10.1. The van der Waals surface area contributed by atoms with Gasteiger partial charge >= 0.3 is 0 Å². The van der Waals surface area contributed by atoms with E-state index in [0.717, 1.165) is 38.2 Å². The molecule has 1 N–H and O–H groups in total. The van der Waals surface area contributed by atoms with E-state index in [1.54, 1.807) is 0 Å². The Hall–Kier alpha value is -1.62. The summed E-state index contributed by atoms with van der Waals surface area (Å²) in [5, 5.41) is 12.7. The van der Waals surface area contributed by atoms with Crippen molar-refractivity contribution in [2.24, 2.45) is 0 Å². The third-order valence-corrected chi connectivity index (χ3v) is 3.71. The molecule has 2 heterocycles. The van der Waals surface area contributed by atoms with E-state index < -0.39 is 0 Å². The van der Waals surface area contributed by atoms with Gasteiger partial charge < -0.3 is 5.32 Å². The molecule has 0 spiro atoms. The van der Waals surface area contributed by atoms with Gasteiger partial charge in [-0.25, -0.2) is 0 Å². The van der Waals surface area contributed by atoms with Crippen LogP contribution in [0.3, 0.4) is 0 Å². The van der Waals surface area contributed by atoms with Gasteiger partial charge in [0.25, 0.3) is 0 Å². The zero-order chi connectivity index (χ0) is 15.2. The van der Waals surface area contributed by atoms with Crippen molar-refractivity contribution in [1.29, 1.82) is 0 Å². The molecule has 0 aliphatic rings. The molecule has 0 fully saturated rings. The molecule has 5 heteroatoms. The monoisotopic (exact) mass is 289 g/mol. The van der Waals surface area contributed by atoms with Crippen molar-refractivity contribution >= 4 is 0 Å². The summed E-state index contributed by atoms with van der Waals surface area (Å²) in [6.45, 7) is 11.4. The van der Waals surface area contributed by atoms with E-state index in [1.807, 2.05) is 6.20 Å². The second-order valence-electron chi connectivity index (χ2n) is 5.20. The van der Waals surface area contributed by atoms with E-state index in [1.165, 1.54) is 11.4 Å². The molecule has 1 unspecified atom stereocenters. The number of rotatable bonds is 8. The smallest absolute Gasteiger partial charge is 0.0918 e. The van der Waals surface area contributed by atoms with Crippen LogP contribution in [-0.2, 0) is 19.5 Å². The Bertz CT molecular complexity index is 555. The molecule has 0 aliphatic heterocycles. The maximum absolute atomic E-state index is 4.68. The molecular weight excluding hydrogens is 262 g/mol. The molecule has 2 rings (SSSR count). The van der Waals surface area contributed by atoms with E-state index in [9.17, 15) is 0 Å². The zero-order valence-corrected chi connectivity index (χ0v) is 13.6. The van der Waals surface area contributed by atoms with Gasteiger partial charge in [-0.1, -0.05) is 20.8 Å². The lowest BCUT2D eigenvalue weighted by Crippen LogP contribution is -2.27. The first-order valence-corrected chi connectivity index (χ1v) is 8.06. The zero-order valence-electron chi connectivity index (χ0n) is 13.6. The number of nitrogens with one attached hydrogen (secondary N) is 1. The Balaban J connectivity index is 2.42. The van der Waals surface area contributed by atoms with Crippen LogP contribution in [0.5, 0.6) is 0 Å². The summed E-state index contributed by atoms with van der Waals surface area (Å²) in [5.74, 6) is 0. The molecule has 1 atom stereocenters. The Labute approximate surface area is 127 Å². The van der Waals surface area contributed by atoms with Crippen LogP contribution in [0.4, 0.5) is 0 Å². The molecule has 5 nitrogen and oxygen atoms in total. The van der Waals surface area contributed by atoms with Gasteiger partial charge in [-0.3, -0.25) is 9.36 Å². The van der Waals surface area contributed by atoms with Crippen molar-refractivity contribution < 1.29 is 0 Å². The van der Waals surface area contributed by atoms with Crippen LogP contribution in [0.15, 0.2) is 18.3 Å². The predicted molar refractivity (Wildman–Crippen MR) is 85.3 cm³/mol. The second-order valence-corrected chi connectivity index (χ2v) is 5.20. The molecule has 0 saturated heterocycles. The molecule has 21 heavy (non-hydrogen) atoms. The first-order valence-electron chi connectivity index (χ1n) is 8.06. The van der Waals surface area contributed by atoms with Crippen LogP contribution in [0.2, 0.25) is 0 Å². The van der Waals surface area contributed by atoms with Crippen molar-refractivity contribution in [2.75, 3.05) is 6.54 Å². The summed E-state index contributed by atoms with van der Waals surface area (Å²) in [6.07, 6.45) is 3.94. The summed E-state index contributed by atoms with van der Waals surface area (Å²) in [5.41, 5.74) is 3.60. The van der Waals surface area contributed by atoms with Crippen LogP contribution >= 0.6 is 0 Å². The second kappa shape index (κ2) is 7.41. The molecule has 116 valence electrons. The summed E-state index contributed by atoms with van der Waals surface area (Å²) in [6, 6.07) is 4.48. The van der Waals surface area contributed by atoms with Crippen LogP contribution in [0.25, 0.3) is 0 Å². The highest BCUT2D eigenvalue weighted by Gasteiger charge is 2.21. The van der Waals surface area contributed by atoms with E-state index in [-0.39, 0.29) is 6.04 Å². The number of aryl methyl sites for hydroxylation is 3. The van der Waals surface area contributed by atoms with Crippen molar-refractivity contribution in [3.05, 3.63) is 35.4 Å². The fourth-order valence-electron chi connectivity index (χ4n) is 2.70. The molecular formula is C16H27N5. The minimum Gasteiger partial charge on any atom is -0.304 e. The Morgan fingerprint density at radius 3 is 2.57 bits per heavy atom. The maximum atomic E-state index is 4.68. The summed E-state index contributed by atoms with van der Waals surface area (Å²) < 4.78 is 4.21. The van der Waals surface area contributed by atoms with E-state index in [4.69, 9.17) is 0 Å². The first-order chi connectivity index (χ1) is 10.2. The summed E-state index contributed by atoms with van der Waals surface area (Å²) >= 11 is 0. The SMILES string of the molecule is CCCn1nccc1C(NCC)c1cc(CC)nn1CC. The van der Waals surface area contributed by atoms with Gasteiger partial charge in [0.05, 0.1) is 23.1 Å².